The van der Waals surface area contributed by atoms with Crippen molar-refractivity contribution in [2.24, 2.45) is 0 Å². The van der Waals surface area contributed by atoms with E-state index in [1.54, 1.807) is 6.07 Å². The van der Waals surface area contributed by atoms with Crippen LogP contribution in [0.2, 0.25) is 0 Å². The molecule has 1 aromatic rings. The Balaban J connectivity index is 2.33. The summed E-state index contributed by atoms with van der Waals surface area (Å²) in [4.78, 5) is 10.4. The second kappa shape index (κ2) is 9.34. The van der Waals surface area contributed by atoms with Crippen LogP contribution in [0.15, 0.2) is 22.7 Å². The van der Waals surface area contributed by atoms with Gasteiger partial charge < -0.3 is 5.32 Å². The van der Waals surface area contributed by atoms with Crippen LogP contribution in [0.3, 0.4) is 0 Å². The van der Waals surface area contributed by atoms with Crippen molar-refractivity contribution >= 4 is 33.4 Å². The normalized spacial score (nSPS) is 10.6. The summed E-state index contributed by atoms with van der Waals surface area (Å²) < 4.78 is 0.579. The first kappa shape index (κ1) is 16.5. The van der Waals surface area contributed by atoms with Gasteiger partial charge in [-0.05, 0) is 52.9 Å². The van der Waals surface area contributed by atoms with Crippen molar-refractivity contribution in [3.8, 4) is 0 Å². The van der Waals surface area contributed by atoms with Gasteiger partial charge in [-0.15, -0.1) is 0 Å². The summed E-state index contributed by atoms with van der Waals surface area (Å²) >= 11 is 5.18. The molecule has 6 heteroatoms. The standard InChI is InChI=1S/C13H19BrN2O2S/c1-19-9-4-2-3-8-15-10-11-6-5-7-12(13(11)14)16(17)18/h5-7,15H,2-4,8-10H2,1H3. The summed E-state index contributed by atoms with van der Waals surface area (Å²) in [5.74, 6) is 1.22. The zero-order valence-corrected chi connectivity index (χ0v) is 13.4. The second-order valence-corrected chi connectivity index (χ2v) is 6.02. The van der Waals surface area contributed by atoms with Crippen molar-refractivity contribution in [2.75, 3.05) is 18.6 Å². The lowest BCUT2D eigenvalue weighted by molar-refractivity contribution is -0.385. The highest BCUT2D eigenvalue weighted by molar-refractivity contribution is 9.10. The number of halogens is 1. The highest BCUT2D eigenvalue weighted by Crippen LogP contribution is 2.28. The van der Waals surface area contributed by atoms with E-state index in [1.807, 2.05) is 17.8 Å². The molecule has 1 aromatic carbocycles. The van der Waals surface area contributed by atoms with Crippen molar-refractivity contribution < 1.29 is 4.92 Å². The van der Waals surface area contributed by atoms with Crippen LogP contribution in [0.1, 0.15) is 24.8 Å². The Kier molecular flexibility index (Phi) is 8.09. The molecule has 0 amide bonds. The van der Waals surface area contributed by atoms with Crippen molar-refractivity contribution in [2.45, 2.75) is 25.8 Å². The van der Waals surface area contributed by atoms with E-state index in [2.05, 4.69) is 27.5 Å². The number of rotatable bonds is 9. The number of nitro benzene ring substituents is 1. The van der Waals surface area contributed by atoms with Crippen molar-refractivity contribution in [1.29, 1.82) is 0 Å². The molecule has 0 atom stereocenters. The summed E-state index contributed by atoms with van der Waals surface area (Å²) in [5.41, 5.74) is 1.05. The van der Waals surface area contributed by atoms with Crippen LogP contribution in [0.5, 0.6) is 0 Å². The zero-order valence-electron chi connectivity index (χ0n) is 11.0. The lowest BCUT2D eigenvalue weighted by Crippen LogP contribution is -2.15. The number of unbranched alkanes of at least 4 members (excludes halogenated alkanes) is 2. The first-order valence-corrected chi connectivity index (χ1v) is 8.47. The fourth-order valence-electron chi connectivity index (χ4n) is 1.74. The van der Waals surface area contributed by atoms with E-state index in [1.165, 1.54) is 24.7 Å². The Bertz CT molecular complexity index is 416. The van der Waals surface area contributed by atoms with Gasteiger partial charge in [0, 0.05) is 12.6 Å². The van der Waals surface area contributed by atoms with Crippen LogP contribution < -0.4 is 5.32 Å². The maximum Gasteiger partial charge on any atom is 0.283 e. The van der Waals surface area contributed by atoms with E-state index in [-0.39, 0.29) is 10.6 Å². The number of nitro groups is 1. The number of nitrogens with zero attached hydrogens (tertiary/aromatic N) is 1. The molecule has 0 fully saturated rings. The SMILES string of the molecule is CSCCCCCNCc1cccc([N+](=O)[O-])c1Br. The summed E-state index contributed by atoms with van der Waals surface area (Å²) in [6.07, 6.45) is 5.75. The lowest BCUT2D eigenvalue weighted by Gasteiger charge is -2.07. The van der Waals surface area contributed by atoms with Gasteiger partial charge in [0.05, 0.1) is 9.40 Å². The molecule has 1 rings (SSSR count). The van der Waals surface area contributed by atoms with Gasteiger partial charge in [0.15, 0.2) is 0 Å². The number of nitrogens with one attached hydrogen (secondary N) is 1. The minimum Gasteiger partial charge on any atom is -0.313 e. The Morgan fingerprint density at radius 3 is 2.84 bits per heavy atom. The Morgan fingerprint density at radius 2 is 2.16 bits per heavy atom. The fourth-order valence-corrected chi connectivity index (χ4v) is 2.78. The smallest absolute Gasteiger partial charge is 0.283 e. The molecular weight excluding hydrogens is 328 g/mol. The molecule has 4 nitrogen and oxygen atoms in total. The van der Waals surface area contributed by atoms with E-state index >= 15 is 0 Å². The van der Waals surface area contributed by atoms with Crippen molar-refractivity contribution in [3.63, 3.8) is 0 Å². The lowest BCUT2D eigenvalue weighted by atomic mass is 10.2. The van der Waals surface area contributed by atoms with Gasteiger partial charge in [-0.1, -0.05) is 18.6 Å². The number of hydrogen-bond donors (Lipinski definition) is 1. The molecule has 0 saturated carbocycles. The number of hydrogen-bond acceptors (Lipinski definition) is 4. The van der Waals surface area contributed by atoms with Crippen molar-refractivity contribution in [3.05, 3.63) is 38.3 Å². The van der Waals surface area contributed by atoms with Crippen LogP contribution in [0.4, 0.5) is 5.69 Å². The van der Waals surface area contributed by atoms with Gasteiger partial charge in [0.2, 0.25) is 0 Å². The van der Waals surface area contributed by atoms with Crippen LogP contribution in [-0.2, 0) is 6.54 Å². The zero-order chi connectivity index (χ0) is 14.1. The van der Waals surface area contributed by atoms with Crippen LogP contribution in [0.25, 0.3) is 0 Å². The second-order valence-electron chi connectivity index (χ2n) is 4.24. The first-order valence-electron chi connectivity index (χ1n) is 6.28. The van der Waals surface area contributed by atoms with E-state index in [0.717, 1.165) is 18.5 Å². The maximum atomic E-state index is 10.8. The molecule has 0 heterocycles. The van der Waals surface area contributed by atoms with Crippen LogP contribution >= 0.6 is 27.7 Å². The highest BCUT2D eigenvalue weighted by atomic mass is 79.9. The van der Waals surface area contributed by atoms with E-state index in [9.17, 15) is 10.1 Å². The predicted molar refractivity (Wildman–Crippen MR) is 84.7 cm³/mol. The van der Waals surface area contributed by atoms with Gasteiger partial charge in [0.1, 0.15) is 0 Å². The third-order valence-electron chi connectivity index (χ3n) is 2.77. The topological polar surface area (TPSA) is 55.2 Å². The monoisotopic (exact) mass is 346 g/mol. The van der Waals surface area contributed by atoms with E-state index in [4.69, 9.17) is 0 Å². The Morgan fingerprint density at radius 1 is 1.37 bits per heavy atom. The summed E-state index contributed by atoms with van der Waals surface area (Å²) in [6, 6.07) is 5.13. The maximum absolute atomic E-state index is 10.8. The average Bonchev–Trinajstić information content (AvgIpc) is 2.39. The predicted octanol–water partition coefficient (Wildman–Crippen LogP) is 3.98. The molecule has 0 saturated heterocycles. The third kappa shape index (κ3) is 5.93. The average molecular weight is 347 g/mol. The third-order valence-corrected chi connectivity index (χ3v) is 4.38. The molecule has 0 unspecified atom stereocenters. The molecule has 19 heavy (non-hydrogen) atoms. The molecule has 0 aliphatic rings. The van der Waals surface area contributed by atoms with Gasteiger partial charge in [-0.25, -0.2) is 0 Å². The van der Waals surface area contributed by atoms with E-state index in [0.29, 0.717) is 11.0 Å². The molecule has 0 aliphatic heterocycles. The molecule has 0 radical (unpaired) electrons. The molecule has 0 aliphatic carbocycles. The van der Waals surface area contributed by atoms with E-state index < -0.39 is 0 Å². The van der Waals surface area contributed by atoms with Gasteiger partial charge in [-0.3, -0.25) is 10.1 Å². The largest absolute Gasteiger partial charge is 0.313 e. The number of benzene rings is 1. The fraction of sp³-hybridized carbons (Fsp3) is 0.538. The van der Waals surface area contributed by atoms with Gasteiger partial charge >= 0.3 is 0 Å². The molecular formula is C13H19BrN2O2S. The molecule has 0 spiro atoms. The highest BCUT2D eigenvalue weighted by Gasteiger charge is 2.13. The molecule has 1 N–H and O–H groups in total. The van der Waals surface area contributed by atoms with Gasteiger partial charge in [-0.2, -0.15) is 11.8 Å². The minimum absolute atomic E-state index is 0.124. The number of thioether (sulfide) groups is 1. The summed E-state index contributed by atoms with van der Waals surface area (Å²) in [6.45, 7) is 1.61. The van der Waals surface area contributed by atoms with Crippen molar-refractivity contribution in [1.82, 2.24) is 5.32 Å². The summed E-state index contributed by atoms with van der Waals surface area (Å²) in [5, 5.41) is 14.1. The Labute approximate surface area is 126 Å². The Hall–Kier alpha value is -0.590. The molecule has 0 bridgehead atoms. The first-order chi connectivity index (χ1) is 9.16. The van der Waals surface area contributed by atoms with Crippen LogP contribution in [0, 0.1) is 10.1 Å². The summed E-state index contributed by atoms with van der Waals surface area (Å²) in [7, 11) is 0. The molecule has 106 valence electrons. The van der Waals surface area contributed by atoms with Crippen LogP contribution in [-0.4, -0.2) is 23.5 Å². The van der Waals surface area contributed by atoms with Gasteiger partial charge in [0.25, 0.3) is 5.69 Å². The molecule has 0 aromatic heterocycles. The minimum atomic E-state index is -0.365. The quantitative estimate of drug-likeness (QED) is 0.417.